The molecule has 1 amide bonds. The molecule has 3 rings (SSSR count). The van der Waals surface area contributed by atoms with E-state index >= 15 is 0 Å². The minimum atomic E-state index is -0.325. The SMILES string of the molecule is CC1NC(=O)COC12CCN(CCCC(=O)c1ccc(F)cc1)CC2. The molecule has 2 aliphatic heterocycles. The molecule has 2 fully saturated rings. The Morgan fingerprint density at radius 2 is 2.00 bits per heavy atom. The van der Waals surface area contributed by atoms with Gasteiger partial charge in [-0.3, -0.25) is 9.59 Å². The summed E-state index contributed by atoms with van der Waals surface area (Å²) in [7, 11) is 0. The van der Waals surface area contributed by atoms with Crippen molar-refractivity contribution < 1.29 is 18.7 Å². The van der Waals surface area contributed by atoms with E-state index in [2.05, 4.69) is 10.2 Å². The Bertz CT molecular complexity index is 624. The number of amides is 1. The molecule has 6 heteroatoms. The van der Waals surface area contributed by atoms with Gasteiger partial charge in [-0.2, -0.15) is 0 Å². The van der Waals surface area contributed by atoms with Crippen molar-refractivity contribution in [3.05, 3.63) is 35.6 Å². The van der Waals surface area contributed by atoms with E-state index in [-0.39, 0.29) is 35.8 Å². The highest BCUT2D eigenvalue weighted by atomic mass is 19.1. The van der Waals surface area contributed by atoms with Crippen LogP contribution in [0.5, 0.6) is 0 Å². The third-order valence-electron chi connectivity index (χ3n) is 5.40. The largest absolute Gasteiger partial charge is 0.363 e. The number of carbonyl (C=O) groups excluding carboxylic acids is 2. The van der Waals surface area contributed by atoms with Gasteiger partial charge in [-0.1, -0.05) is 0 Å². The van der Waals surface area contributed by atoms with Crippen LogP contribution < -0.4 is 5.32 Å². The number of nitrogens with one attached hydrogen (secondary N) is 1. The van der Waals surface area contributed by atoms with Gasteiger partial charge in [0.2, 0.25) is 5.91 Å². The van der Waals surface area contributed by atoms with Crippen LogP contribution in [0, 0.1) is 5.82 Å². The smallest absolute Gasteiger partial charge is 0.246 e. The first-order chi connectivity index (χ1) is 12.0. The molecule has 0 aromatic heterocycles. The highest BCUT2D eigenvalue weighted by Crippen LogP contribution is 2.32. The van der Waals surface area contributed by atoms with Crippen molar-refractivity contribution in [1.29, 1.82) is 0 Å². The summed E-state index contributed by atoms with van der Waals surface area (Å²) in [4.78, 5) is 25.9. The van der Waals surface area contributed by atoms with Crippen molar-refractivity contribution in [2.45, 2.75) is 44.2 Å². The second kappa shape index (κ2) is 7.62. The molecular weight excluding hydrogens is 323 g/mol. The van der Waals surface area contributed by atoms with Gasteiger partial charge in [0.15, 0.2) is 5.78 Å². The number of rotatable bonds is 5. The molecule has 0 aliphatic carbocycles. The molecule has 1 aromatic carbocycles. The molecule has 1 spiro atoms. The topological polar surface area (TPSA) is 58.6 Å². The molecule has 1 atom stereocenters. The van der Waals surface area contributed by atoms with Gasteiger partial charge in [-0.25, -0.2) is 4.39 Å². The lowest BCUT2D eigenvalue weighted by molar-refractivity contribution is -0.159. The normalized spacial score (nSPS) is 23.4. The van der Waals surface area contributed by atoms with Crippen LogP contribution in [0.1, 0.15) is 43.0 Å². The minimum absolute atomic E-state index is 0.0379. The zero-order valence-corrected chi connectivity index (χ0v) is 14.6. The number of nitrogens with zero attached hydrogens (tertiary/aromatic N) is 1. The summed E-state index contributed by atoms with van der Waals surface area (Å²) >= 11 is 0. The summed E-state index contributed by atoms with van der Waals surface area (Å²) in [5.74, 6) is -0.311. The zero-order chi connectivity index (χ0) is 17.9. The number of Topliss-reactive ketones (excluding diaryl/α,β-unsaturated/α-hetero) is 1. The molecule has 2 heterocycles. The van der Waals surface area contributed by atoms with Crippen molar-refractivity contribution in [3.63, 3.8) is 0 Å². The number of ether oxygens (including phenoxy) is 1. The number of likely N-dealkylation sites (tertiary alicyclic amines) is 1. The monoisotopic (exact) mass is 348 g/mol. The predicted molar refractivity (Wildman–Crippen MR) is 91.9 cm³/mol. The van der Waals surface area contributed by atoms with Crippen LogP contribution in [-0.2, 0) is 9.53 Å². The Morgan fingerprint density at radius 3 is 2.64 bits per heavy atom. The van der Waals surface area contributed by atoms with E-state index in [1.54, 1.807) is 12.1 Å². The van der Waals surface area contributed by atoms with Crippen molar-refractivity contribution in [2.24, 2.45) is 0 Å². The summed E-state index contributed by atoms with van der Waals surface area (Å²) < 4.78 is 18.8. The number of benzene rings is 1. The summed E-state index contributed by atoms with van der Waals surface area (Å²) in [6.45, 7) is 4.84. The summed E-state index contributed by atoms with van der Waals surface area (Å²) in [5.41, 5.74) is 0.327. The standard InChI is InChI=1S/C19H25FN2O3/c1-14-19(25-13-18(24)21-14)8-11-22(12-9-19)10-2-3-17(23)15-4-6-16(20)7-5-15/h4-7,14H,2-3,8-13H2,1H3,(H,21,24). The summed E-state index contributed by atoms with van der Waals surface area (Å²) in [6.07, 6.45) is 3.04. The van der Waals surface area contributed by atoms with Crippen molar-refractivity contribution in [3.8, 4) is 0 Å². The maximum atomic E-state index is 12.9. The van der Waals surface area contributed by atoms with Crippen LogP contribution in [0.3, 0.4) is 0 Å². The summed E-state index contributed by atoms with van der Waals surface area (Å²) in [6, 6.07) is 5.76. The van der Waals surface area contributed by atoms with Gasteiger partial charge in [-0.05, 0) is 57.0 Å². The Kier molecular flexibility index (Phi) is 5.49. The Labute approximate surface area is 147 Å². The van der Waals surface area contributed by atoms with Crippen molar-refractivity contribution in [2.75, 3.05) is 26.2 Å². The molecule has 1 aromatic rings. The second-order valence-corrected chi connectivity index (χ2v) is 7.02. The fraction of sp³-hybridized carbons (Fsp3) is 0.579. The highest BCUT2D eigenvalue weighted by molar-refractivity contribution is 5.95. The van der Waals surface area contributed by atoms with Crippen molar-refractivity contribution >= 4 is 11.7 Å². The Balaban J connectivity index is 1.41. The van der Waals surface area contributed by atoms with Gasteiger partial charge in [0.1, 0.15) is 12.4 Å². The minimum Gasteiger partial charge on any atom is -0.363 e. The molecule has 2 saturated heterocycles. The molecule has 2 aliphatic rings. The number of morpholine rings is 1. The van der Waals surface area contributed by atoms with Crippen LogP contribution >= 0.6 is 0 Å². The molecule has 5 nitrogen and oxygen atoms in total. The molecule has 0 saturated carbocycles. The molecule has 0 bridgehead atoms. The van der Waals surface area contributed by atoms with E-state index in [4.69, 9.17) is 4.74 Å². The second-order valence-electron chi connectivity index (χ2n) is 7.02. The first-order valence-electron chi connectivity index (χ1n) is 8.93. The Morgan fingerprint density at radius 1 is 1.32 bits per heavy atom. The quantitative estimate of drug-likeness (QED) is 0.829. The van der Waals surface area contributed by atoms with Crippen LogP contribution in [0.25, 0.3) is 0 Å². The van der Waals surface area contributed by atoms with Gasteiger partial charge in [-0.15, -0.1) is 0 Å². The lowest BCUT2D eigenvalue weighted by Gasteiger charge is -2.47. The Hall–Kier alpha value is -1.79. The van der Waals surface area contributed by atoms with Crippen LogP contribution in [0.4, 0.5) is 4.39 Å². The summed E-state index contributed by atoms with van der Waals surface area (Å²) in [5, 5.41) is 2.98. The number of halogens is 1. The fourth-order valence-corrected chi connectivity index (χ4v) is 3.72. The number of hydrogen-bond acceptors (Lipinski definition) is 4. The molecule has 1 unspecified atom stereocenters. The predicted octanol–water partition coefficient (Wildman–Crippen LogP) is 2.16. The van der Waals surface area contributed by atoms with E-state index in [0.29, 0.717) is 12.0 Å². The van der Waals surface area contributed by atoms with Gasteiger partial charge < -0.3 is 15.0 Å². The van der Waals surface area contributed by atoms with Crippen LogP contribution in [-0.4, -0.2) is 54.5 Å². The van der Waals surface area contributed by atoms with E-state index in [1.807, 2.05) is 6.92 Å². The average molecular weight is 348 g/mol. The first-order valence-corrected chi connectivity index (χ1v) is 8.93. The highest BCUT2D eigenvalue weighted by Gasteiger charge is 2.44. The van der Waals surface area contributed by atoms with Crippen molar-refractivity contribution in [1.82, 2.24) is 10.2 Å². The molecule has 0 radical (unpaired) electrons. The number of ketones is 1. The number of hydrogen-bond donors (Lipinski definition) is 1. The molecule has 136 valence electrons. The number of carbonyl (C=O) groups is 2. The van der Waals surface area contributed by atoms with Gasteiger partial charge >= 0.3 is 0 Å². The fourth-order valence-electron chi connectivity index (χ4n) is 3.72. The molecule has 25 heavy (non-hydrogen) atoms. The maximum Gasteiger partial charge on any atom is 0.246 e. The van der Waals surface area contributed by atoms with Crippen LogP contribution in [0.15, 0.2) is 24.3 Å². The van der Waals surface area contributed by atoms with E-state index in [0.717, 1.165) is 38.9 Å². The number of piperidine rings is 1. The molecular formula is C19H25FN2O3. The third-order valence-corrected chi connectivity index (χ3v) is 5.40. The van der Waals surface area contributed by atoms with Gasteiger partial charge in [0, 0.05) is 25.1 Å². The van der Waals surface area contributed by atoms with Gasteiger partial charge in [0.25, 0.3) is 0 Å². The average Bonchev–Trinajstić information content (AvgIpc) is 2.61. The lowest BCUT2D eigenvalue weighted by atomic mass is 9.83. The van der Waals surface area contributed by atoms with E-state index in [9.17, 15) is 14.0 Å². The van der Waals surface area contributed by atoms with Gasteiger partial charge in [0.05, 0.1) is 11.6 Å². The van der Waals surface area contributed by atoms with Crippen LogP contribution in [0.2, 0.25) is 0 Å². The maximum absolute atomic E-state index is 12.9. The molecule has 1 N–H and O–H groups in total. The first kappa shape index (κ1) is 18.0. The zero-order valence-electron chi connectivity index (χ0n) is 14.6. The third kappa shape index (κ3) is 4.25. The van der Waals surface area contributed by atoms with E-state index < -0.39 is 0 Å². The van der Waals surface area contributed by atoms with E-state index in [1.165, 1.54) is 12.1 Å². The lowest BCUT2D eigenvalue weighted by Crippen LogP contribution is -2.62.